The molecular formula is C19H17N3O. The first-order valence-corrected chi connectivity index (χ1v) is 7.52. The molecule has 0 fully saturated rings. The minimum atomic E-state index is -0.0569. The van der Waals surface area contributed by atoms with Crippen LogP contribution in [-0.2, 0) is 7.05 Å². The minimum absolute atomic E-state index is 0.0569. The van der Waals surface area contributed by atoms with E-state index in [0.717, 1.165) is 27.5 Å². The number of hydrogen-bond donors (Lipinski definition) is 1. The Balaban J connectivity index is 1.94. The molecule has 0 bridgehead atoms. The molecule has 0 amide bonds. The molecule has 4 heteroatoms. The van der Waals surface area contributed by atoms with E-state index in [4.69, 9.17) is 5.73 Å². The van der Waals surface area contributed by atoms with Crippen LogP contribution in [0.4, 0.5) is 5.69 Å². The molecule has 0 atom stereocenters. The average Bonchev–Trinajstić information content (AvgIpc) is 3.07. The van der Waals surface area contributed by atoms with Gasteiger partial charge in [-0.25, -0.2) is 0 Å². The number of para-hydroxylation sites is 1. The molecule has 114 valence electrons. The van der Waals surface area contributed by atoms with Crippen molar-refractivity contribution in [2.24, 2.45) is 7.05 Å². The molecule has 0 spiro atoms. The van der Waals surface area contributed by atoms with E-state index in [2.05, 4.69) is 0 Å². The molecule has 0 saturated carbocycles. The summed E-state index contributed by atoms with van der Waals surface area (Å²) in [7, 11) is 1.98. The van der Waals surface area contributed by atoms with Gasteiger partial charge >= 0.3 is 0 Å². The zero-order chi connectivity index (χ0) is 16.1. The topological polar surface area (TPSA) is 52.9 Å². The highest BCUT2D eigenvalue weighted by atomic mass is 16.2. The third-order valence-electron chi connectivity index (χ3n) is 4.38. The van der Waals surface area contributed by atoms with Crippen LogP contribution in [0.25, 0.3) is 21.8 Å². The van der Waals surface area contributed by atoms with E-state index in [0.29, 0.717) is 11.3 Å². The van der Waals surface area contributed by atoms with Crippen molar-refractivity contribution in [3.63, 3.8) is 0 Å². The summed E-state index contributed by atoms with van der Waals surface area (Å²) in [6.07, 6.45) is 1.99. The van der Waals surface area contributed by atoms with E-state index >= 15 is 0 Å². The van der Waals surface area contributed by atoms with Crippen LogP contribution in [0.15, 0.2) is 54.7 Å². The van der Waals surface area contributed by atoms with Gasteiger partial charge in [-0.1, -0.05) is 18.2 Å². The van der Waals surface area contributed by atoms with Crippen LogP contribution in [0.2, 0.25) is 0 Å². The van der Waals surface area contributed by atoms with Crippen molar-refractivity contribution in [1.29, 1.82) is 0 Å². The zero-order valence-corrected chi connectivity index (χ0v) is 13.1. The molecule has 2 aromatic carbocycles. The van der Waals surface area contributed by atoms with E-state index in [1.807, 2.05) is 73.3 Å². The zero-order valence-electron chi connectivity index (χ0n) is 13.1. The van der Waals surface area contributed by atoms with Gasteiger partial charge in [0.15, 0.2) is 0 Å². The molecule has 0 aliphatic carbocycles. The van der Waals surface area contributed by atoms with E-state index in [-0.39, 0.29) is 5.91 Å². The van der Waals surface area contributed by atoms with Gasteiger partial charge in [-0.3, -0.25) is 9.36 Å². The summed E-state index contributed by atoms with van der Waals surface area (Å²) in [5.41, 5.74) is 10.1. The predicted octanol–water partition coefficient (Wildman–Crippen LogP) is 3.71. The third-order valence-corrected chi connectivity index (χ3v) is 4.38. The van der Waals surface area contributed by atoms with Crippen LogP contribution in [0, 0.1) is 6.92 Å². The predicted molar refractivity (Wildman–Crippen MR) is 93.7 cm³/mol. The smallest absolute Gasteiger partial charge is 0.262 e. The van der Waals surface area contributed by atoms with Crippen LogP contribution in [0.5, 0.6) is 0 Å². The second-order valence-electron chi connectivity index (χ2n) is 5.91. The maximum atomic E-state index is 13.1. The van der Waals surface area contributed by atoms with Gasteiger partial charge in [0, 0.05) is 35.4 Å². The number of benzene rings is 2. The quantitative estimate of drug-likeness (QED) is 0.545. The number of carbonyl (C=O) groups is 1. The monoisotopic (exact) mass is 303 g/mol. The molecule has 2 aromatic heterocycles. The molecular weight excluding hydrogens is 286 g/mol. The van der Waals surface area contributed by atoms with Gasteiger partial charge in [0.05, 0.1) is 11.2 Å². The van der Waals surface area contributed by atoms with Gasteiger partial charge in [0.25, 0.3) is 5.91 Å². The molecule has 4 rings (SSSR count). The SMILES string of the molecule is Cc1cc2cccc(N)c2n1C(=O)c1ccc2ccn(C)c2c1. The van der Waals surface area contributed by atoms with Gasteiger partial charge in [0.2, 0.25) is 0 Å². The average molecular weight is 303 g/mol. The molecule has 23 heavy (non-hydrogen) atoms. The number of nitrogens with zero attached hydrogens (tertiary/aromatic N) is 2. The molecule has 0 saturated heterocycles. The molecule has 2 heterocycles. The van der Waals surface area contributed by atoms with E-state index in [1.54, 1.807) is 4.57 Å². The number of fused-ring (bicyclic) bond motifs is 2. The fourth-order valence-electron chi connectivity index (χ4n) is 3.21. The van der Waals surface area contributed by atoms with Gasteiger partial charge in [0.1, 0.15) is 0 Å². The Morgan fingerprint density at radius 3 is 2.70 bits per heavy atom. The Kier molecular flexibility index (Phi) is 2.81. The van der Waals surface area contributed by atoms with Crippen LogP contribution in [0.3, 0.4) is 0 Å². The number of hydrogen-bond acceptors (Lipinski definition) is 2. The van der Waals surface area contributed by atoms with Crippen molar-refractivity contribution < 1.29 is 4.79 Å². The lowest BCUT2D eigenvalue weighted by molar-refractivity contribution is 0.0963. The lowest BCUT2D eigenvalue weighted by Gasteiger charge is -2.09. The molecule has 0 radical (unpaired) electrons. The Hall–Kier alpha value is -3.01. The summed E-state index contributed by atoms with van der Waals surface area (Å²) in [5.74, 6) is -0.0569. The first-order valence-electron chi connectivity index (χ1n) is 7.52. The van der Waals surface area contributed by atoms with Crippen LogP contribution < -0.4 is 5.73 Å². The highest BCUT2D eigenvalue weighted by Gasteiger charge is 2.17. The van der Waals surface area contributed by atoms with Crippen LogP contribution in [0.1, 0.15) is 16.1 Å². The number of aryl methyl sites for hydroxylation is 2. The Labute approximate surface area is 133 Å². The Morgan fingerprint density at radius 1 is 1.04 bits per heavy atom. The second kappa shape index (κ2) is 4.74. The second-order valence-corrected chi connectivity index (χ2v) is 5.91. The summed E-state index contributed by atoms with van der Waals surface area (Å²) in [6, 6.07) is 15.5. The number of rotatable bonds is 1. The largest absolute Gasteiger partial charge is 0.397 e. The molecule has 0 aliphatic rings. The highest BCUT2D eigenvalue weighted by molar-refractivity contribution is 6.07. The minimum Gasteiger partial charge on any atom is -0.397 e. The van der Waals surface area contributed by atoms with Crippen LogP contribution in [-0.4, -0.2) is 15.0 Å². The lowest BCUT2D eigenvalue weighted by atomic mass is 10.1. The normalized spacial score (nSPS) is 11.4. The highest BCUT2D eigenvalue weighted by Crippen LogP contribution is 2.26. The summed E-state index contributed by atoms with van der Waals surface area (Å²) in [4.78, 5) is 13.1. The number of aromatic nitrogens is 2. The van der Waals surface area contributed by atoms with Gasteiger partial charge in [-0.2, -0.15) is 0 Å². The first kappa shape index (κ1) is 13.6. The van der Waals surface area contributed by atoms with Crippen molar-refractivity contribution in [1.82, 2.24) is 9.13 Å². The molecule has 4 nitrogen and oxygen atoms in total. The number of carbonyl (C=O) groups excluding carboxylic acids is 1. The number of nitrogens with two attached hydrogens (primary N) is 1. The van der Waals surface area contributed by atoms with Crippen molar-refractivity contribution in [2.75, 3.05) is 5.73 Å². The molecule has 0 aliphatic heterocycles. The van der Waals surface area contributed by atoms with Gasteiger partial charge in [-0.15, -0.1) is 0 Å². The van der Waals surface area contributed by atoms with Crippen molar-refractivity contribution in [2.45, 2.75) is 6.92 Å². The fraction of sp³-hybridized carbons (Fsp3) is 0.105. The lowest BCUT2D eigenvalue weighted by Crippen LogP contribution is -2.14. The maximum Gasteiger partial charge on any atom is 0.262 e. The van der Waals surface area contributed by atoms with Crippen molar-refractivity contribution in [3.8, 4) is 0 Å². The van der Waals surface area contributed by atoms with Crippen LogP contribution >= 0.6 is 0 Å². The van der Waals surface area contributed by atoms with Crippen molar-refractivity contribution >= 4 is 33.4 Å². The Morgan fingerprint density at radius 2 is 1.87 bits per heavy atom. The Bertz CT molecular complexity index is 1070. The molecule has 0 unspecified atom stereocenters. The standard InChI is InChI=1S/C19H17N3O/c1-12-10-14-4-3-5-16(20)18(14)22(12)19(23)15-7-6-13-8-9-21(2)17(13)11-15/h3-11H,20H2,1-2H3. The van der Waals surface area contributed by atoms with E-state index in [9.17, 15) is 4.79 Å². The third kappa shape index (κ3) is 1.95. The van der Waals surface area contributed by atoms with E-state index < -0.39 is 0 Å². The van der Waals surface area contributed by atoms with Gasteiger partial charge < -0.3 is 10.3 Å². The number of anilines is 1. The van der Waals surface area contributed by atoms with Gasteiger partial charge in [-0.05, 0) is 42.6 Å². The fourth-order valence-corrected chi connectivity index (χ4v) is 3.21. The van der Waals surface area contributed by atoms with Crippen molar-refractivity contribution in [3.05, 3.63) is 66.0 Å². The molecule has 2 N–H and O–H groups in total. The maximum absolute atomic E-state index is 13.1. The first-order chi connectivity index (χ1) is 11.1. The summed E-state index contributed by atoms with van der Waals surface area (Å²) in [6.45, 7) is 1.93. The number of nitrogen functional groups attached to an aromatic ring is 1. The summed E-state index contributed by atoms with van der Waals surface area (Å²) >= 11 is 0. The van der Waals surface area contributed by atoms with E-state index in [1.165, 1.54) is 0 Å². The molecule has 4 aromatic rings. The summed E-state index contributed by atoms with van der Waals surface area (Å²) < 4.78 is 3.72. The summed E-state index contributed by atoms with van der Waals surface area (Å²) in [5, 5.41) is 2.11.